The lowest BCUT2D eigenvalue weighted by Crippen LogP contribution is -2.25. The van der Waals surface area contributed by atoms with Gasteiger partial charge < -0.3 is 14.4 Å². The van der Waals surface area contributed by atoms with Crippen molar-refractivity contribution >= 4 is 29.3 Å². The number of rotatable bonds is 5. The normalized spacial score (nSPS) is 10.8. The third-order valence-electron chi connectivity index (χ3n) is 2.60. The second-order valence-corrected chi connectivity index (χ2v) is 5.14. The fourth-order valence-electron chi connectivity index (χ4n) is 1.67. The van der Waals surface area contributed by atoms with Gasteiger partial charge in [0.2, 0.25) is 0 Å². The van der Waals surface area contributed by atoms with Gasteiger partial charge in [-0.1, -0.05) is 0 Å². The number of carboxylic acid groups (broad SMARTS) is 1. The second kappa shape index (κ2) is 6.21. The van der Waals surface area contributed by atoms with Crippen molar-refractivity contribution in [3.8, 4) is 0 Å². The van der Waals surface area contributed by atoms with E-state index < -0.39 is 5.97 Å². The molecular weight excluding hydrogens is 278 g/mol. The molecule has 0 saturated carbocycles. The summed E-state index contributed by atoms with van der Waals surface area (Å²) in [6.07, 6.45) is 5.50. The van der Waals surface area contributed by atoms with E-state index in [2.05, 4.69) is 0 Å². The number of hydrogen-bond acceptors (Lipinski definition) is 4. The number of furan rings is 1. The summed E-state index contributed by atoms with van der Waals surface area (Å²) >= 11 is 1.44. The number of hydrogen-bond donors (Lipinski definition) is 1. The summed E-state index contributed by atoms with van der Waals surface area (Å²) in [5.74, 6) is -1.10. The molecular formula is C14H13NO4S. The Hall–Kier alpha value is -2.34. The SMILES string of the molecule is CN(Cc1csc(C=CC(=O)O)c1)C(=O)c1ccoc1. The number of nitrogens with zero attached hydrogens (tertiary/aromatic N) is 1. The maximum atomic E-state index is 12.0. The fourth-order valence-corrected chi connectivity index (χ4v) is 2.47. The molecule has 20 heavy (non-hydrogen) atoms. The van der Waals surface area contributed by atoms with Crippen LogP contribution in [0.2, 0.25) is 0 Å². The van der Waals surface area contributed by atoms with Crippen molar-refractivity contribution in [3.05, 3.63) is 52.1 Å². The third-order valence-corrected chi connectivity index (χ3v) is 3.55. The molecule has 0 aromatic carbocycles. The minimum atomic E-state index is -0.979. The highest BCUT2D eigenvalue weighted by Crippen LogP contribution is 2.18. The van der Waals surface area contributed by atoms with Gasteiger partial charge in [0.15, 0.2) is 0 Å². The first-order valence-electron chi connectivity index (χ1n) is 5.82. The number of carbonyl (C=O) groups is 2. The van der Waals surface area contributed by atoms with Gasteiger partial charge in [-0.3, -0.25) is 4.79 Å². The predicted octanol–water partition coefficient (Wildman–Crippen LogP) is 2.71. The topological polar surface area (TPSA) is 70.8 Å². The zero-order chi connectivity index (χ0) is 14.5. The first-order valence-corrected chi connectivity index (χ1v) is 6.70. The van der Waals surface area contributed by atoms with Crippen LogP contribution in [0.4, 0.5) is 0 Å². The highest BCUT2D eigenvalue weighted by Gasteiger charge is 2.13. The van der Waals surface area contributed by atoms with Gasteiger partial charge in [-0.25, -0.2) is 4.79 Å². The van der Waals surface area contributed by atoms with Gasteiger partial charge in [-0.2, -0.15) is 0 Å². The molecule has 0 spiro atoms. The minimum absolute atomic E-state index is 0.118. The Morgan fingerprint density at radius 3 is 2.95 bits per heavy atom. The second-order valence-electron chi connectivity index (χ2n) is 4.20. The van der Waals surface area contributed by atoms with Crippen LogP contribution in [0.25, 0.3) is 6.08 Å². The Morgan fingerprint density at radius 1 is 1.50 bits per heavy atom. The van der Waals surface area contributed by atoms with Gasteiger partial charge in [-0.15, -0.1) is 11.3 Å². The monoisotopic (exact) mass is 291 g/mol. The lowest BCUT2D eigenvalue weighted by Gasteiger charge is -2.15. The molecule has 0 fully saturated rings. The van der Waals surface area contributed by atoms with Crippen LogP contribution >= 0.6 is 11.3 Å². The smallest absolute Gasteiger partial charge is 0.328 e. The molecule has 104 valence electrons. The van der Waals surface area contributed by atoms with Gasteiger partial charge in [-0.05, 0) is 29.2 Å². The summed E-state index contributed by atoms with van der Waals surface area (Å²) in [5, 5.41) is 10.5. The molecule has 0 saturated heterocycles. The van der Waals surface area contributed by atoms with E-state index in [1.54, 1.807) is 18.0 Å². The Morgan fingerprint density at radius 2 is 2.30 bits per heavy atom. The third kappa shape index (κ3) is 3.58. The van der Waals surface area contributed by atoms with Crippen LogP contribution in [0.3, 0.4) is 0 Å². The van der Waals surface area contributed by atoms with Crippen LogP contribution < -0.4 is 0 Å². The molecule has 0 aliphatic heterocycles. The van der Waals surface area contributed by atoms with E-state index in [4.69, 9.17) is 9.52 Å². The van der Waals surface area contributed by atoms with Crippen LogP contribution in [0.15, 0.2) is 40.5 Å². The summed E-state index contributed by atoms with van der Waals surface area (Å²) in [4.78, 5) is 24.9. The highest BCUT2D eigenvalue weighted by molar-refractivity contribution is 7.11. The number of aliphatic carboxylic acids is 1. The van der Waals surface area contributed by atoms with E-state index in [1.807, 2.05) is 11.4 Å². The molecule has 2 rings (SSSR count). The molecule has 0 bridgehead atoms. The van der Waals surface area contributed by atoms with Crippen molar-refractivity contribution in [1.82, 2.24) is 4.90 Å². The van der Waals surface area contributed by atoms with Crippen molar-refractivity contribution in [1.29, 1.82) is 0 Å². The zero-order valence-corrected chi connectivity index (χ0v) is 11.6. The Labute approximate surface area is 119 Å². The van der Waals surface area contributed by atoms with Gasteiger partial charge in [0, 0.05) is 24.5 Å². The summed E-state index contributed by atoms with van der Waals surface area (Å²) in [6.45, 7) is 0.460. The molecule has 2 heterocycles. The summed E-state index contributed by atoms with van der Waals surface area (Å²) < 4.78 is 4.88. The van der Waals surface area contributed by atoms with E-state index in [1.165, 1.54) is 29.9 Å². The van der Waals surface area contributed by atoms with Crippen molar-refractivity contribution in [2.75, 3.05) is 7.05 Å². The first kappa shape index (κ1) is 14.1. The molecule has 2 aromatic heterocycles. The molecule has 6 heteroatoms. The average molecular weight is 291 g/mol. The van der Waals surface area contributed by atoms with Crippen LogP contribution in [0.1, 0.15) is 20.8 Å². The van der Waals surface area contributed by atoms with Crippen molar-refractivity contribution < 1.29 is 19.1 Å². The molecule has 5 nitrogen and oxygen atoms in total. The van der Waals surface area contributed by atoms with E-state index in [0.29, 0.717) is 12.1 Å². The highest BCUT2D eigenvalue weighted by atomic mass is 32.1. The molecule has 2 aromatic rings. The van der Waals surface area contributed by atoms with E-state index in [0.717, 1.165) is 16.5 Å². The van der Waals surface area contributed by atoms with Gasteiger partial charge in [0.1, 0.15) is 6.26 Å². The summed E-state index contributed by atoms with van der Waals surface area (Å²) in [5.41, 5.74) is 1.47. The molecule has 0 radical (unpaired) electrons. The van der Waals surface area contributed by atoms with Crippen molar-refractivity contribution in [3.63, 3.8) is 0 Å². The fraction of sp³-hybridized carbons (Fsp3) is 0.143. The Balaban J connectivity index is 2.00. The Bertz CT molecular complexity index is 627. The zero-order valence-electron chi connectivity index (χ0n) is 10.8. The van der Waals surface area contributed by atoms with Crippen LogP contribution in [0, 0.1) is 0 Å². The van der Waals surface area contributed by atoms with Crippen molar-refractivity contribution in [2.24, 2.45) is 0 Å². The minimum Gasteiger partial charge on any atom is -0.478 e. The maximum absolute atomic E-state index is 12.0. The molecule has 1 amide bonds. The average Bonchev–Trinajstić information content (AvgIpc) is 3.06. The van der Waals surface area contributed by atoms with Crippen LogP contribution in [-0.2, 0) is 11.3 Å². The maximum Gasteiger partial charge on any atom is 0.328 e. The van der Waals surface area contributed by atoms with E-state index in [9.17, 15) is 9.59 Å². The lowest BCUT2D eigenvalue weighted by molar-refractivity contribution is -0.131. The quantitative estimate of drug-likeness (QED) is 0.860. The standard InChI is InChI=1S/C14H13NO4S/c1-15(14(18)11-4-5-19-8-11)7-10-6-12(20-9-10)2-3-13(16)17/h2-6,8-9H,7H2,1H3,(H,16,17). The van der Waals surface area contributed by atoms with Gasteiger partial charge >= 0.3 is 5.97 Å². The number of amides is 1. The molecule has 1 N–H and O–H groups in total. The molecule has 0 aliphatic rings. The van der Waals surface area contributed by atoms with Crippen molar-refractivity contribution in [2.45, 2.75) is 6.54 Å². The predicted molar refractivity (Wildman–Crippen MR) is 75.5 cm³/mol. The largest absolute Gasteiger partial charge is 0.478 e. The summed E-state index contributed by atoms with van der Waals surface area (Å²) in [7, 11) is 1.71. The van der Waals surface area contributed by atoms with Crippen LogP contribution in [0.5, 0.6) is 0 Å². The molecule has 0 unspecified atom stereocenters. The van der Waals surface area contributed by atoms with Gasteiger partial charge in [0.05, 0.1) is 11.8 Å². The number of thiophene rings is 1. The molecule has 0 aliphatic carbocycles. The number of carboxylic acids is 1. The van der Waals surface area contributed by atoms with Crippen LogP contribution in [-0.4, -0.2) is 28.9 Å². The number of carbonyl (C=O) groups excluding carboxylic acids is 1. The lowest BCUT2D eigenvalue weighted by atomic mass is 10.2. The summed E-state index contributed by atoms with van der Waals surface area (Å²) in [6, 6.07) is 3.48. The Kier molecular flexibility index (Phi) is 4.37. The molecule has 0 atom stereocenters. The first-order chi connectivity index (χ1) is 9.56. The van der Waals surface area contributed by atoms with E-state index >= 15 is 0 Å². The van der Waals surface area contributed by atoms with Gasteiger partial charge in [0.25, 0.3) is 5.91 Å². The van der Waals surface area contributed by atoms with E-state index in [-0.39, 0.29) is 5.91 Å².